The molecule has 0 bridgehead atoms. The van der Waals surface area contributed by atoms with Gasteiger partial charge in [0.05, 0.1) is 9.35 Å². The van der Waals surface area contributed by atoms with E-state index in [-0.39, 0.29) is 11.8 Å². The number of hydrogen-bond donors (Lipinski definition) is 1. The first-order valence-corrected chi connectivity index (χ1v) is 10.0. The van der Waals surface area contributed by atoms with Gasteiger partial charge in [-0.3, -0.25) is 9.59 Å². The number of nitrogens with zero attached hydrogens (tertiary/aromatic N) is 1. The standard InChI is InChI=1S/C19H21BrN2O2S/c1-12(19(24)22-10-6-7-11-22)21-18(23)16-15(13(2)25-17(16)20)14-8-4-3-5-9-14/h3-5,8-9,12H,6-7,10-11H2,1-2H3,(H,21,23). The third kappa shape index (κ3) is 3.80. The number of aryl methyl sites for hydroxylation is 1. The highest BCUT2D eigenvalue weighted by Crippen LogP contribution is 2.39. The van der Waals surface area contributed by atoms with Crippen LogP contribution in [0, 0.1) is 6.92 Å². The molecule has 1 aromatic heterocycles. The molecular weight excluding hydrogens is 400 g/mol. The molecule has 25 heavy (non-hydrogen) atoms. The van der Waals surface area contributed by atoms with Gasteiger partial charge in [0, 0.05) is 23.5 Å². The number of amides is 2. The Morgan fingerprint density at radius 3 is 2.48 bits per heavy atom. The van der Waals surface area contributed by atoms with Crippen molar-refractivity contribution >= 4 is 39.1 Å². The number of hydrogen-bond acceptors (Lipinski definition) is 3. The molecule has 2 aromatic rings. The van der Waals surface area contributed by atoms with Crippen LogP contribution in [0.5, 0.6) is 0 Å². The minimum Gasteiger partial charge on any atom is -0.341 e. The first-order valence-electron chi connectivity index (χ1n) is 8.43. The van der Waals surface area contributed by atoms with E-state index in [1.54, 1.807) is 18.3 Å². The fourth-order valence-corrected chi connectivity index (χ4v) is 5.20. The molecule has 1 saturated heterocycles. The molecule has 6 heteroatoms. The van der Waals surface area contributed by atoms with E-state index in [0.29, 0.717) is 5.56 Å². The molecule has 3 rings (SSSR count). The number of thiophene rings is 1. The van der Waals surface area contributed by atoms with E-state index < -0.39 is 6.04 Å². The molecule has 0 aliphatic carbocycles. The Balaban J connectivity index is 1.84. The van der Waals surface area contributed by atoms with Gasteiger partial charge in [-0.2, -0.15) is 0 Å². The molecule has 4 nitrogen and oxygen atoms in total. The van der Waals surface area contributed by atoms with Crippen molar-refractivity contribution in [3.63, 3.8) is 0 Å². The maximum Gasteiger partial charge on any atom is 0.254 e. The van der Waals surface area contributed by atoms with Crippen LogP contribution < -0.4 is 5.32 Å². The highest BCUT2D eigenvalue weighted by Gasteiger charge is 2.27. The summed E-state index contributed by atoms with van der Waals surface area (Å²) in [6.45, 7) is 5.34. The molecular formula is C19H21BrN2O2S. The summed E-state index contributed by atoms with van der Waals surface area (Å²) in [7, 11) is 0. The summed E-state index contributed by atoms with van der Waals surface area (Å²) in [5.74, 6) is -0.217. The van der Waals surface area contributed by atoms with Crippen molar-refractivity contribution in [3.8, 4) is 11.1 Å². The van der Waals surface area contributed by atoms with Crippen molar-refractivity contribution in [2.24, 2.45) is 0 Å². The molecule has 132 valence electrons. The maximum absolute atomic E-state index is 12.9. The zero-order valence-corrected chi connectivity index (χ0v) is 16.7. The predicted molar refractivity (Wildman–Crippen MR) is 105 cm³/mol. The SMILES string of the molecule is Cc1sc(Br)c(C(=O)NC(C)C(=O)N2CCCC2)c1-c1ccccc1. The van der Waals surface area contributed by atoms with Crippen LogP contribution in [-0.4, -0.2) is 35.8 Å². The second-order valence-electron chi connectivity index (χ2n) is 6.28. The van der Waals surface area contributed by atoms with E-state index in [1.807, 2.05) is 42.2 Å². The molecule has 0 saturated carbocycles. The summed E-state index contributed by atoms with van der Waals surface area (Å²) in [5.41, 5.74) is 2.54. The van der Waals surface area contributed by atoms with Crippen LogP contribution in [0.2, 0.25) is 0 Å². The second-order valence-corrected chi connectivity index (χ2v) is 8.82. The molecule has 1 aliphatic heterocycles. The Morgan fingerprint density at radius 1 is 1.20 bits per heavy atom. The summed E-state index contributed by atoms with van der Waals surface area (Å²) in [5, 5.41) is 2.88. The van der Waals surface area contributed by atoms with E-state index >= 15 is 0 Å². The van der Waals surface area contributed by atoms with E-state index in [2.05, 4.69) is 21.2 Å². The highest BCUT2D eigenvalue weighted by molar-refractivity contribution is 9.11. The van der Waals surface area contributed by atoms with Gasteiger partial charge in [-0.1, -0.05) is 30.3 Å². The summed E-state index contributed by atoms with van der Waals surface area (Å²) in [6.07, 6.45) is 2.08. The van der Waals surface area contributed by atoms with Crippen molar-refractivity contribution in [3.05, 3.63) is 44.6 Å². The van der Waals surface area contributed by atoms with Gasteiger partial charge in [0.25, 0.3) is 5.91 Å². The largest absolute Gasteiger partial charge is 0.341 e. The van der Waals surface area contributed by atoms with E-state index in [1.165, 1.54) is 0 Å². The number of rotatable bonds is 4. The van der Waals surface area contributed by atoms with Crippen LogP contribution >= 0.6 is 27.3 Å². The molecule has 0 spiro atoms. The zero-order valence-electron chi connectivity index (χ0n) is 14.3. The average Bonchev–Trinajstić information content (AvgIpc) is 3.22. The normalized spacial score (nSPS) is 15.2. The topological polar surface area (TPSA) is 49.4 Å². The molecule has 2 heterocycles. The van der Waals surface area contributed by atoms with Crippen LogP contribution in [0.4, 0.5) is 0 Å². The Labute approximate surface area is 160 Å². The van der Waals surface area contributed by atoms with Crippen molar-refractivity contribution in [2.45, 2.75) is 32.7 Å². The molecule has 1 atom stereocenters. The van der Waals surface area contributed by atoms with Gasteiger partial charge in [0.1, 0.15) is 6.04 Å². The quantitative estimate of drug-likeness (QED) is 0.804. The molecule has 1 unspecified atom stereocenters. The highest BCUT2D eigenvalue weighted by atomic mass is 79.9. The summed E-state index contributed by atoms with van der Waals surface area (Å²) >= 11 is 5.06. The van der Waals surface area contributed by atoms with Crippen LogP contribution in [-0.2, 0) is 4.79 Å². The van der Waals surface area contributed by atoms with Crippen LogP contribution in [0.25, 0.3) is 11.1 Å². The van der Waals surface area contributed by atoms with Gasteiger partial charge in [-0.05, 0) is 48.2 Å². The third-order valence-corrected chi connectivity index (χ3v) is 6.24. The molecule has 2 amide bonds. The third-order valence-electron chi connectivity index (χ3n) is 4.47. The van der Waals surface area contributed by atoms with Crippen LogP contribution in [0.1, 0.15) is 35.0 Å². The lowest BCUT2D eigenvalue weighted by atomic mass is 10.0. The first kappa shape index (κ1) is 18.1. The van der Waals surface area contributed by atoms with E-state index in [0.717, 1.165) is 45.7 Å². The van der Waals surface area contributed by atoms with E-state index in [9.17, 15) is 9.59 Å². The lowest BCUT2D eigenvalue weighted by Crippen LogP contribution is -2.46. The number of halogens is 1. The minimum absolute atomic E-state index is 0.00446. The van der Waals surface area contributed by atoms with Gasteiger partial charge < -0.3 is 10.2 Å². The predicted octanol–water partition coefficient (Wildman–Crippen LogP) is 4.23. The number of carbonyl (C=O) groups excluding carboxylic acids is 2. The Morgan fingerprint density at radius 2 is 1.84 bits per heavy atom. The Kier molecular flexibility index (Phi) is 5.59. The van der Waals surface area contributed by atoms with Crippen molar-refractivity contribution in [2.75, 3.05) is 13.1 Å². The second kappa shape index (κ2) is 7.70. The van der Waals surface area contributed by atoms with Crippen molar-refractivity contribution in [1.82, 2.24) is 10.2 Å². The van der Waals surface area contributed by atoms with Crippen molar-refractivity contribution in [1.29, 1.82) is 0 Å². The molecule has 1 fully saturated rings. The minimum atomic E-state index is -0.527. The summed E-state index contributed by atoms with van der Waals surface area (Å²) in [6, 6.07) is 9.34. The van der Waals surface area contributed by atoms with Crippen molar-refractivity contribution < 1.29 is 9.59 Å². The van der Waals surface area contributed by atoms with Gasteiger partial charge in [-0.25, -0.2) is 0 Å². The first-order chi connectivity index (χ1) is 12.0. The number of likely N-dealkylation sites (tertiary alicyclic amines) is 1. The fourth-order valence-electron chi connectivity index (χ4n) is 3.21. The molecule has 1 aliphatic rings. The lowest BCUT2D eigenvalue weighted by Gasteiger charge is -2.21. The Hall–Kier alpha value is -1.66. The number of benzene rings is 1. The lowest BCUT2D eigenvalue weighted by molar-refractivity contribution is -0.131. The number of nitrogens with one attached hydrogen (secondary N) is 1. The Bertz CT molecular complexity index is 782. The smallest absolute Gasteiger partial charge is 0.254 e. The van der Waals surface area contributed by atoms with Crippen LogP contribution in [0.15, 0.2) is 34.1 Å². The van der Waals surface area contributed by atoms with E-state index in [4.69, 9.17) is 0 Å². The summed E-state index contributed by atoms with van der Waals surface area (Å²) in [4.78, 5) is 28.3. The zero-order chi connectivity index (χ0) is 18.0. The molecule has 1 aromatic carbocycles. The van der Waals surface area contributed by atoms with Gasteiger partial charge in [0.2, 0.25) is 5.91 Å². The van der Waals surface area contributed by atoms with Crippen LogP contribution in [0.3, 0.4) is 0 Å². The summed E-state index contributed by atoms with van der Waals surface area (Å²) < 4.78 is 0.794. The molecule has 1 N–H and O–H groups in total. The maximum atomic E-state index is 12.9. The average molecular weight is 421 g/mol. The number of carbonyl (C=O) groups is 2. The fraction of sp³-hybridized carbons (Fsp3) is 0.368. The monoisotopic (exact) mass is 420 g/mol. The van der Waals surface area contributed by atoms with Gasteiger partial charge >= 0.3 is 0 Å². The van der Waals surface area contributed by atoms with Gasteiger partial charge in [-0.15, -0.1) is 11.3 Å². The molecule has 0 radical (unpaired) electrons. The van der Waals surface area contributed by atoms with Gasteiger partial charge in [0.15, 0.2) is 0 Å².